The Morgan fingerprint density at radius 3 is 2.27 bits per heavy atom. The molecule has 0 bridgehead atoms. The largest absolute Gasteiger partial charge is 0.507 e. The van der Waals surface area contributed by atoms with Crippen LogP contribution in [0.5, 0.6) is 23.0 Å². The van der Waals surface area contributed by atoms with Crippen molar-refractivity contribution in [1.29, 1.82) is 0 Å². The van der Waals surface area contributed by atoms with Gasteiger partial charge in [0, 0.05) is 12.0 Å². The van der Waals surface area contributed by atoms with Crippen molar-refractivity contribution >= 4 is 17.4 Å². The first kappa shape index (κ1) is 24.2. The quantitative estimate of drug-likeness (QED) is 0.282. The van der Waals surface area contributed by atoms with E-state index >= 15 is 0 Å². The molecule has 1 fully saturated rings. The fourth-order valence-corrected chi connectivity index (χ4v) is 4.67. The second-order valence-corrected chi connectivity index (χ2v) is 8.71. The number of likely N-dealkylation sites (tertiary alicyclic amines) is 1. The molecule has 0 saturated carbocycles. The molecule has 8 heteroatoms. The summed E-state index contributed by atoms with van der Waals surface area (Å²) in [5.41, 5.74) is 2.14. The number of aliphatic hydroxyl groups is 1. The van der Waals surface area contributed by atoms with Crippen LogP contribution in [-0.4, -0.2) is 55.7 Å². The summed E-state index contributed by atoms with van der Waals surface area (Å²) in [4.78, 5) is 27.9. The van der Waals surface area contributed by atoms with E-state index in [1.165, 1.54) is 4.90 Å². The molecular weight excluding hydrogens is 474 g/mol. The summed E-state index contributed by atoms with van der Waals surface area (Å²) in [6.45, 7) is 0.869. The molecule has 0 radical (unpaired) electrons. The van der Waals surface area contributed by atoms with Gasteiger partial charge in [-0.3, -0.25) is 9.59 Å². The van der Waals surface area contributed by atoms with Crippen molar-refractivity contribution in [3.05, 3.63) is 89.0 Å². The maximum atomic E-state index is 13.3. The van der Waals surface area contributed by atoms with E-state index in [0.717, 1.165) is 17.7 Å². The Hall–Kier alpha value is -4.46. The zero-order valence-electron chi connectivity index (χ0n) is 20.6. The Labute approximate surface area is 214 Å². The van der Waals surface area contributed by atoms with Crippen LogP contribution in [0.15, 0.2) is 72.3 Å². The summed E-state index contributed by atoms with van der Waals surface area (Å²) in [5.74, 6) is 1.08. The van der Waals surface area contributed by atoms with Gasteiger partial charge in [-0.15, -0.1) is 0 Å². The van der Waals surface area contributed by atoms with Gasteiger partial charge >= 0.3 is 0 Å². The minimum absolute atomic E-state index is 0.0403. The van der Waals surface area contributed by atoms with Gasteiger partial charge in [-0.05, 0) is 65.7 Å². The van der Waals surface area contributed by atoms with E-state index in [-0.39, 0.29) is 24.5 Å². The number of benzene rings is 3. The van der Waals surface area contributed by atoms with Gasteiger partial charge in [-0.2, -0.15) is 0 Å². The normalized spacial score (nSPS) is 17.9. The lowest BCUT2D eigenvalue weighted by atomic mass is 9.94. The maximum absolute atomic E-state index is 13.3. The highest BCUT2D eigenvalue weighted by Crippen LogP contribution is 2.40. The zero-order valence-corrected chi connectivity index (χ0v) is 20.6. The van der Waals surface area contributed by atoms with Gasteiger partial charge in [0.15, 0.2) is 0 Å². The molecule has 8 nitrogen and oxygen atoms in total. The SMILES string of the molecule is COc1ccc(OCCN2C(=O)C(=O)/C(=C(\O)c3ccc4c(c3)CCO4)C2c2ccc(OC)cc2)cc1. The van der Waals surface area contributed by atoms with Crippen LogP contribution in [0.3, 0.4) is 0 Å². The summed E-state index contributed by atoms with van der Waals surface area (Å²) < 4.78 is 21.8. The standard InChI is InChI=1S/C29H27NO7/c1-34-21-6-3-18(4-7-21)26-25(27(31)20-5-12-24-19(17-20)13-15-37-24)28(32)29(33)30(26)14-16-36-23-10-8-22(35-2)9-11-23/h3-12,17,26,31H,13-16H2,1-2H3/b27-25-. The van der Waals surface area contributed by atoms with E-state index in [0.29, 0.717) is 35.0 Å². The Balaban J connectivity index is 1.47. The van der Waals surface area contributed by atoms with Crippen molar-refractivity contribution < 1.29 is 33.6 Å². The molecule has 1 unspecified atom stereocenters. The second kappa shape index (κ2) is 10.3. The third-order valence-electron chi connectivity index (χ3n) is 6.59. The molecule has 1 saturated heterocycles. The van der Waals surface area contributed by atoms with E-state index in [2.05, 4.69) is 0 Å². The number of fused-ring (bicyclic) bond motifs is 1. The number of amides is 1. The molecule has 1 amide bonds. The molecule has 37 heavy (non-hydrogen) atoms. The number of rotatable bonds is 8. The van der Waals surface area contributed by atoms with Gasteiger partial charge in [0.1, 0.15) is 35.4 Å². The molecule has 2 aliphatic rings. The summed E-state index contributed by atoms with van der Waals surface area (Å²) in [7, 11) is 3.15. The van der Waals surface area contributed by atoms with Crippen molar-refractivity contribution in [2.24, 2.45) is 0 Å². The minimum atomic E-state index is -0.783. The molecule has 190 valence electrons. The third kappa shape index (κ3) is 4.70. The van der Waals surface area contributed by atoms with Crippen LogP contribution < -0.4 is 18.9 Å². The van der Waals surface area contributed by atoms with Gasteiger partial charge in [0.2, 0.25) is 0 Å². The van der Waals surface area contributed by atoms with E-state index in [4.69, 9.17) is 18.9 Å². The molecule has 1 N–H and O–H groups in total. The highest BCUT2D eigenvalue weighted by Gasteiger charge is 2.46. The van der Waals surface area contributed by atoms with Gasteiger partial charge in [0.05, 0.1) is 39.0 Å². The van der Waals surface area contributed by atoms with Gasteiger partial charge in [0.25, 0.3) is 11.7 Å². The first-order chi connectivity index (χ1) is 18.0. The Morgan fingerprint density at radius 2 is 1.59 bits per heavy atom. The fourth-order valence-electron chi connectivity index (χ4n) is 4.67. The van der Waals surface area contributed by atoms with E-state index < -0.39 is 17.7 Å². The lowest BCUT2D eigenvalue weighted by molar-refractivity contribution is -0.140. The average Bonchev–Trinajstić information content (AvgIpc) is 3.51. The Bertz CT molecular complexity index is 1350. The van der Waals surface area contributed by atoms with E-state index in [9.17, 15) is 14.7 Å². The van der Waals surface area contributed by atoms with Crippen LogP contribution in [0.4, 0.5) is 0 Å². The Morgan fingerprint density at radius 1 is 0.946 bits per heavy atom. The molecule has 5 rings (SSSR count). The minimum Gasteiger partial charge on any atom is -0.507 e. The van der Waals surface area contributed by atoms with Crippen LogP contribution >= 0.6 is 0 Å². The molecule has 1 atom stereocenters. The van der Waals surface area contributed by atoms with Crippen molar-refractivity contribution in [3.8, 4) is 23.0 Å². The van der Waals surface area contributed by atoms with Gasteiger partial charge in [-0.1, -0.05) is 12.1 Å². The first-order valence-corrected chi connectivity index (χ1v) is 12.0. The highest BCUT2D eigenvalue weighted by atomic mass is 16.5. The summed E-state index contributed by atoms with van der Waals surface area (Å²) in [6.07, 6.45) is 0.718. The van der Waals surface area contributed by atoms with E-state index in [1.54, 1.807) is 74.9 Å². The number of aliphatic hydroxyl groups excluding tert-OH is 1. The smallest absolute Gasteiger partial charge is 0.295 e. The van der Waals surface area contributed by atoms with Crippen molar-refractivity contribution in [3.63, 3.8) is 0 Å². The molecule has 3 aromatic carbocycles. The second-order valence-electron chi connectivity index (χ2n) is 8.71. The molecule has 0 spiro atoms. The average molecular weight is 502 g/mol. The number of ether oxygens (including phenoxy) is 4. The number of carbonyl (C=O) groups excluding carboxylic acids is 2. The maximum Gasteiger partial charge on any atom is 0.295 e. The highest BCUT2D eigenvalue weighted by molar-refractivity contribution is 6.46. The summed E-state index contributed by atoms with van der Waals surface area (Å²) in [6, 6.07) is 18.7. The number of Topliss-reactive ketones (excluding diaryl/α,β-unsaturated/α-hetero) is 1. The molecule has 0 aliphatic carbocycles. The van der Waals surface area contributed by atoms with Crippen LogP contribution in [0.1, 0.15) is 22.7 Å². The molecular formula is C29H27NO7. The predicted molar refractivity (Wildman–Crippen MR) is 136 cm³/mol. The lowest BCUT2D eigenvalue weighted by Gasteiger charge is -2.25. The number of carbonyl (C=O) groups is 2. The Kier molecular flexibility index (Phi) is 6.72. The first-order valence-electron chi connectivity index (χ1n) is 12.0. The van der Waals surface area contributed by atoms with Crippen molar-refractivity contribution in [2.75, 3.05) is 34.0 Å². The monoisotopic (exact) mass is 501 g/mol. The topological polar surface area (TPSA) is 94.5 Å². The molecule has 3 aromatic rings. The predicted octanol–water partition coefficient (Wildman–Crippen LogP) is 4.14. The molecule has 2 aliphatic heterocycles. The van der Waals surface area contributed by atoms with Crippen molar-refractivity contribution in [1.82, 2.24) is 4.90 Å². The third-order valence-corrected chi connectivity index (χ3v) is 6.59. The number of hydrogen-bond acceptors (Lipinski definition) is 7. The van der Waals surface area contributed by atoms with E-state index in [1.807, 2.05) is 6.07 Å². The van der Waals surface area contributed by atoms with Crippen LogP contribution in [0.2, 0.25) is 0 Å². The number of ketones is 1. The van der Waals surface area contributed by atoms with Crippen LogP contribution in [0.25, 0.3) is 5.76 Å². The fraction of sp³-hybridized carbons (Fsp3) is 0.241. The van der Waals surface area contributed by atoms with Gasteiger partial charge < -0.3 is 29.0 Å². The number of hydrogen-bond donors (Lipinski definition) is 1. The lowest BCUT2D eigenvalue weighted by Crippen LogP contribution is -2.33. The van der Waals surface area contributed by atoms with Crippen molar-refractivity contribution in [2.45, 2.75) is 12.5 Å². The van der Waals surface area contributed by atoms with Gasteiger partial charge in [-0.25, -0.2) is 0 Å². The zero-order chi connectivity index (χ0) is 25.9. The summed E-state index contributed by atoms with van der Waals surface area (Å²) in [5, 5.41) is 11.3. The molecule has 0 aromatic heterocycles. The molecule has 2 heterocycles. The number of nitrogens with zero attached hydrogens (tertiary/aromatic N) is 1. The number of methoxy groups -OCH3 is 2. The summed E-state index contributed by atoms with van der Waals surface area (Å²) >= 11 is 0. The van der Waals surface area contributed by atoms with Crippen LogP contribution in [-0.2, 0) is 16.0 Å². The van der Waals surface area contributed by atoms with Crippen LogP contribution in [0, 0.1) is 0 Å².